The van der Waals surface area contributed by atoms with E-state index in [1.165, 1.54) is 12.8 Å². The van der Waals surface area contributed by atoms with E-state index in [1.54, 1.807) is 11.8 Å². The van der Waals surface area contributed by atoms with Gasteiger partial charge in [-0.2, -0.15) is 0 Å². The zero-order valence-corrected chi connectivity index (χ0v) is 14.7. The molecule has 0 aromatic heterocycles. The van der Waals surface area contributed by atoms with Crippen molar-refractivity contribution in [1.82, 2.24) is 10.2 Å². The van der Waals surface area contributed by atoms with Crippen LogP contribution in [-0.4, -0.2) is 54.9 Å². The molecule has 2 heterocycles. The molecule has 2 atom stereocenters. The number of nitrogens with one attached hydrogen (secondary N) is 1. The molecule has 3 rings (SSSR count). The molecule has 2 fully saturated rings. The molecule has 1 aromatic rings. The van der Waals surface area contributed by atoms with E-state index in [4.69, 9.17) is 16.3 Å². The topological polar surface area (TPSA) is 41.6 Å². The third-order valence-electron chi connectivity index (χ3n) is 4.46. The second-order valence-corrected chi connectivity index (χ2v) is 7.50. The summed E-state index contributed by atoms with van der Waals surface area (Å²) in [5.41, 5.74) is 1.08. The highest BCUT2D eigenvalue weighted by Gasteiger charge is 2.35. The van der Waals surface area contributed by atoms with Crippen LogP contribution in [-0.2, 0) is 15.3 Å². The van der Waals surface area contributed by atoms with Gasteiger partial charge < -0.3 is 10.1 Å². The van der Waals surface area contributed by atoms with Gasteiger partial charge >= 0.3 is 0 Å². The predicted molar refractivity (Wildman–Crippen MR) is 95.0 cm³/mol. The van der Waals surface area contributed by atoms with E-state index in [-0.39, 0.29) is 11.9 Å². The average Bonchev–Trinajstić information content (AvgIpc) is 3.20. The van der Waals surface area contributed by atoms with Crippen LogP contribution in [0, 0.1) is 0 Å². The van der Waals surface area contributed by atoms with E-state index < -0.39 is 0 Å². The number of thioether (sulfide) groups is 1. The van der Waals surface area contributed by atoms with Crippen LogP contribution in [0.4, 0.5) is 0 Å². The van der Waals surface area contributed by atoms with Crippen molar-refractivity contribution in [1.29, 1.82) is 0 Å². The maximum Gasteiger partial charge on any atom is 0.230 e. The standard InChI is InChI=1S/C17H23ClN2O2S/c18-14-6-2-1-5-13(14)11-23-12-17(21)19-15-9-22-10-16(15)20-7-3-4-8-20/h1-2,5-6,15-16H,3-4,7-12H2,(H,19,21)/t15-,16-/m0/s1. The maximum atomic E-state index is 12.2. The number of halogens is 1. The first kappa shape index (κ1) is 17.1. The third-order valence-corrected chi connectivity index (χ3v) is 5.81. The normalized spacial score (nSPS) is 24.9. The molecule has 0 bridgehead atoms. The Kier molecular flexibility index (Phi) is 6.22. The lowest BCUT2D eigenvalue weighted by Crippen LogP contribution is -2.50. The molecule has 1 amide bonds. The number of carbonyl (C=O) groups excluding carboxylic acids is 1. The van der Waals surface area contributed by atoms with Crippen molar-refractivity contribution in [2.75, 3.05) is 32.1 Å². The molecule has 0 saturated carbocycles. The average molecular weight is 355 g/mol. The molecular formula is C17H23ClN2O2S. The minimum absolute atomic E-state index is 0.0850. The summed E-state index contributed by atoms with van der Waals surface area (Å²) in [5.74, 6) is 1.29. The molecule has 0 spiro atoms. The summed E-state index contributed by atoms with van der Waals surface area (Å²) < 4.78 is 5.59. The van der Waals surface area contributed by atoms with Crippen LogP contribution in [0.3, 0.4) is 0 Å². The van der Waals surface area contributed by atoms with Crippen molar-refractivity contribution < 1.29 is 9.53 Å². The number of rotatable bonds is 6. The Morgan fingerprint density at radius 3 is 2.87 bits per heavy atom. The van der Waals surface area contributed by atoms with Crippen molar-refractivity contribution in [2.24, 2.45) is 0 Å². The van der Waals surface area contributed by atoms with E-state index in [0.29, 0.717) is 18.4 Å². The van der Waals surface area contributed by atoms with Gasteiger partial charge in [0, 0.05) is 10.8 Å². The first-order valence-corrected chi connectivity index (χ1v) is 9.69. The van der Waals surface area contributed by atoms with Crippen molar-refractivity contribution >= 4 is 29.3 Å². The van der Waals surface area contributed by atoms with Crippen LogP contribution < -0.4 is 5.32 Å². The van der Waals surface area contributed by atoms with E-state index in [2.05, 4.69) is 10.2 Å². The van der Waals surface area contributed by atoms with Gasteiger partial charge in [0.05, 0.1) is 31.1 Å². The van der Waals surface area contributed by atoms with Crippen molar-refractivity contribution in [3.8, 4) is 0 Å². The van der Waals surface area contributed by atoms with Crippen LogP contribution in [0.25, 0.3) is 0 Å². The summed E-state index contributed by atoms with van der Waals surface area (Å²) in [6.45, 7) is 3.61. The largest absolute Gasteiger partial charge is 0.378 e. The highest BCUT2D eigenvalue weighted by atomic mass is 35.5. The molecule has 1 aromatic carbocycles. The summed E-state index contributed by atoms with van der Waals surface area (Å²) in [5, 5.41) is 3.91. The minimum Gasteiger partial charge on any atom is -0.378 e. The zero-order chi connectivity index (χ0) is 16.1. The fourth-order valence-corrected chi connectivity index (χ4v) is 4.36. The van der Waals surface area contributed by atoms with Gasteiger partial charge in [0.25, 0.3) is 0 Å². The quantitative estimate of drug-likeness (QED) is 0.852. The molecular weight excluding hydrogens is 332 g/mol. The van der Waals surface area contributed by atoms with Crippen LogP contribution >= 0.6 is 23.4 Å². The lowest BCUT2D eigenvalue weighted by Gasteiger charge is -2.27. The molecule has 6 heteroatoms. The van der Waals surface area contributed by atoms with Gasteiger partial charge in [0.2, 0.25) is 5.91 Å². The molecule has 126 valence electrons. The predicted octanol–water partition coefficient (Wildman–Crippen LogP) is 2.55. The summed E-state index contributed by atoms with van der Waals surface area (Å²) in [4.78, 5) is 14.6. The number of hydrogen-bond acceptors (Lipinski definition) is 4. The van der Waals surface area contributed by atoms with Crippen LogP contribution in [0.15, 0.2) is 24.3 Å². The smallest absolute Gasteiger partial charge is 0.230 e. The molecule has 0 unspecified atom stereocenters. The number of carbonyl (C=O) groups is 1. The molecule has 0 aliphatic carbocycles. The van der Waals surface area contributed by atoms with Crippen molar-refractivity contribution in [3.63, 3.8) is 0 Å². The first-order valence-electron chi connectivity index (χ1n) is 8.16. The van der Waals surface area contributed by atoms with E-state index in [0.717, 1.165) is 36.0 Å². The Hall–Kier alpha value is -0.750. The summed E-state index contributed by atoms with van der Waals surface area (Å²) in [6, 6.07) is 8.24. The Morgan fingerprint density at radius 1 is 1.30 bits per heavy atom. The number of ether oxygens (including phenoxy) is 1. The number of benzene rings is 1. The number of likely N-dealkylation sites (tertiary alicyclic amines) is 1. The lowest BCUT2D eigenvalue weighted by atomic mass is 10.1. The van der Waals surface area contributed by atoms with Gasteiger partial charge in [-0.15, -0.1) is 11.8 Å². The highest BCUT2D eigenvalue weighted by Crippen LogP contribution is 2.21. The van der Waals surface area contributed by atoms with Gasteiger partial charge in [-0.05, 0) is 37.6 Å². The Bertz CT molecular complexity index is 537. The molecule has 23 heavy (non-hydrogen) atoms. The Labute approximate surface area is 146 Å². The molecule has 0 radical (unpaired) electrons. The van der Waals surface area contributed by atoms with Gasteiger partial charge in [0.15, 0.2) is 0 Å². The highest BCUT2D eigenvalue weighted by molar-refractivity contribution is 7.99. The number of amides is 1. The molecule has 2 saturated heterocycles. The van der Waals surface area contributed by atoms with E-state index in [1.807, 2.05) is 24.3 Å². The number of hydrogen-bond donors (Lipinski definition) is 1. The number of nitrogens with zero attached hydrogens (tertiary/aromatic N) is 1. The second kappa shape index (κ2) is 8.38. The minimum atomic E-state index is 0.0850. The Morgan fingerprint density at radius 2 is 2.09 bits per heavy atom. The fourth-order valence-electron chi connectivity index (χ4n) is 3.23. The fraction of sp³-hybridized carbons (Fsp3) is 0.588. The first-order chi connectivity index (χ1) is 11.2. The van der Waals surface area contributed by atoms with Crippen LogP contribution in [0.1, 0.15) is 18.4 Å². The van der Waals surface area contributed by atoms with Gasteiger partial charge in [-0.1, -0.05) is 29.8 Å². The monoisotopic (exact) mass is 354 g/mol. The Balaban J connectivity index is 1.43. The third kappa shape index (κ3) is 4.63. The van der Waals surface area contributed by atoms with E-state index >= 15 is 0 Å². The SMILES string of the molecule is O=C(CSCc1ccccc1Cl)N[C@H]1COC[C@@H]1N1CCCC1. The maximum absolute atomic E-state index is 12.2. The molecule has 4 nitrogen and oxygen atoms in total. The summed E-state index contributed by atoms with van der Waals surface area (Å²) >= 11 is 7.73. The summed E-state index contributed by atoms with van der Waals surface area (Å²) in [6.07, 6.45) is 2.51. The van der Waals surface area contributed by atoms with Gasteiger partial charge in [-0.25, -0.2) is 0 Å². The lowest BCUT2D eigenvalue weighted by molar-refractivity contribution is -0.119. The van der Waals surface area contributed by atoms with E-state index in [9.17, 15) is 4.79 Å². The van der Waals surface area contributed by atoms with Crippen LogP contribution in [0.2, 0.25) is 5.02 Å². The molecule has 2 aliphatic heterocycles. The van der Waals surface area contributed by atoms with Gasteiger partial charge in [0.1, 0.15) is 0 Å². The van der Waals surface area contributed by atoms with Crippen molar-refractivity contribution in [3.05, 3.63) is 34.9 Å². The molecule has 1 N–H and O–H groups in total. The van der Waals surface area contributed by atoms with Crippen molar-refractivity contribution in [2.45, 2.75) is 30.7 Å². The molecule has 2 aliphatic rings. The second-order valence-electron chi connectivity index (χ2n) is 6.11. The van der Waals surface area contributed by atoms with Crippen LogP contribution in [0.5, 0.6) is 0 Å². The zero-order valence-electron chi connectivity index (χ0n) is 13.2. The summed E-state index contributed by atoms with van der Waals surface area (Å²) in [7, 11) is 0. The van der Waals surface area contributed by atoms with Gasteiger partial charge in [-0.3, -0.25) is 9.69 Å².